The molecule has 0 saturated heterocycles. The van der Waals surface area contributed by atoms with Gasteiger partial charge in [-0.1, -0.05) is 12.1 Å². The molecule has 1 aliphatic carbocycles. The standard InChI is InChI=1S/C22H23FN2O2S/c1-26-20-8-2-16(3-9-20)12-25(19-6-7-19)13-18-15-28-22(24-18)14-27-21-10-4-17(23)5-11-21/h2-5,8-11,15,19H,6-7,12-14H2,1H3. The normalized spacial score (nSPS) is 13.7. The number of hydrogen-bond donors (Lipinski definition) is 0. The number of rotatable bonds is 9. The molecule has 28 heavy (non-hydrogen) atoms. The minimum atomic E-state index is -0.263. The molecule has 0 amide bonds. The molecule has 0 radical (unpaired) electrons. The van der Waals surface area contributed by atoms with Crippen molar-refractivity contribution in [2.24, 2.45) is 0 Å². The molecular weight excluding hydrogens is 375 g/mol. The van der Waals surface area contributed by atoms with Crippen LogP contribution in [0, 0.1) is 5.82 Å². The van der Waals surface area contributed by atoms with E-state index < -0.39 is 0 Å². The monoisotopic (exact) mass is 398 g/mol. The third-order valence-electron chi connectivity index (χ3n) is 4.75. The van der Waals surface area contributed by atoms with Crippen LogP contribution in [-0.2, 0) is 19.7 Å². The number of ether oxygens (including phenoxy) is 2. The Morgan fingerprint density at radius 3 is 2.43 bits per heavy atom. The first-order chi connectivity index (χ1) is 13.7. The van der Waals surface area contributed by atoms with E-state index in [0.717, 1.165) is 29.5 Å². The Kier molecular flexibility index (Phi) is 5.88. The molecule has 0 bridgehead atoms. The van der Waals surface area contributed by atoms with Crippen molar-refractivity contribution in [3.63, 3.8) is 0 Å². The number of benzene rings is 2. The van der Waals surface area contributed by atoms with Crippen LogP contribution >= 0.6 is 11.3 Å². The van der Waals surface area contributed by atoms with Crippen LogP contribution in [0.3, 0.4) is 0 Å². The van der Waals surface area contributed by atoms with Crippen molar-refractivity contribution in [3.8, 4) is 11.5 Å². The van der Waals surface area contributed by atoms with Crippen molar-refractivity contribution in [2.75, 3.05) is 7.11 Å². The van der Waals surface area contributed by atoms with Crippen molar-refractivity contribution >= 4 is 11.3 Å². The fourth-order valence-electron chi connectivity index (χ4n) is 3.09. The van der Waals surface area contributed by atoms with Crippen LogP contribution in [0.25, 0.3) is 0 Å². The van der Waals surface area contributed by atoms with E-state index in [2.05, 4.69) is 22.4 Å². The maximum absolute atomic E-state index is 13.0. The molecule has 1 heterocycles. The molecular formula is C22H23FN2O2S. The van der Waals surface area contributed by atoms with E-state index in [4.69, 9.17) is 14.5 Å². The van der Waals surface area contributed by atoms with Gasteiger partial charge in [-0.05, 0) is 54.8 Å². The maximum atomic E-state index is 13.0. The molecule has 0 atom stereocenters. The highest BCUT2D eigenvalue weighted by molar-refractivity contribution is 7.09. The van der Waals surface area contributed by atoms with E-state index in [1.165, 1.54) is 30.5 Å². The van der Waals surface area contributed by atoms with Crippen molar-refractivity contribution in [1.82, 2.24) is 9.88 Å². The summed E-state index contributed by atoms with van der Waals surface area (Å²) in [5.41, 5.74) is 2.35. The van der Waals surface area contributed by atoms with Crippen LogP contribution in [0.1, 0.15) is 29.1 Å². The van der Waals surface area contributed by atoms with Gasteiger partial charge in [0.2, 0.25) is 0 Å². The van der Waals surface area contributed by atoms with Gasteiger partial charge in [-0.25, -0.2) is 9.37 Å². The van der Waals surface area contributed by atoms with Crippen molar-refractivity contribution < 1.29 is 13.9 Å². The van der Waals surface area contributed by atoms with E-state index in [1.54, 1.807) is 30.6 Å². The van der Waals surface area contributed by atoms with Gasteiger partial charge in [0.1, 0.15) is 28.9 Å². The lowest BCUT2D eigenvalue weighted by atomic mass is 10.2. The molecule has 0 N–H and O–H groups in total. The van der Waals surface area contributed by atoms with E-state index in [1.807, 2.05) is 12.1 Å². The summed E-state index contributed by atoms with van der Waals surface area (Å²) in [7, 11) is 1.69. The second-order valence-electron chi connectivity index (χ2n) is 6.96. The van der Waals surface area contributed by atoms with Gasteiger partial charge in [-0.3, -0.25) is 4.90 Å². The van der Waals surface area contributed by atoms with Crippen LogP contribution in [0.2, 0.25) is 0 Å². The lowest BCUT2D eigenvalue weighted by Crippen LogP contribution is -2.25. The van der Waals surface area contributed by atoms with Crippen LogP contribution < -0.4 is 9.47 Å². The Labute approximate surface area is 168 Å². The van der Waals surface area contributed by atoms with Crippen molar-refractivity contribution in [1.29, 1.82) is 0 Å². The molecule has 1 saturated carbocycles. The summed E-state index contributed by atoms with van der Waals surface area (Å²) in [6, 6.07) is 15.0. The Balaban J connectivity index is 1.34. The molecule has 1 aromatic heterocycles. The molecule has 1 fully saturated rings. The summed E-state index contributed by atoms with van der Waals surface area (Å²) in [4.78, 5) is 7.21. The fourth-order valence-corrected chi connectivity index (χ4v) is 3.79. The van der Waals surface area contributed by atoms with E-state index in [0.29, 0.717) is 18.4 Å². The zero-order chi connectivity index (χ0) is 19.3. The molecule has 0 aliphatic heterocycles. The number of hydrogen-bond acceptors (Lipinski definition) is 5. The molecule has 4 rings (SSSR count). The Morgan fingerprint density at radius 2 is 1.75 bits per heavy atom. The number of halogens is 1. The van der Waals surface area contributed by atoms with E-state index in [9.17, 15) is 4.39 Å². The van der Waals surface area contributed by atoms with Gasteiger partial charge < -0.3 is 9.47 Å². The number of aromatic nitrogens is 1. The van der Waals surface area contributed by atoms with Crippen LogP contribution in [-0.4, -0.2) is 23.0 Å². The van der Waals surface area contributed by atoms with Crippen LogP contribution in [0.5, 0.6) is 11.5 Å². The largest absolute Gasteiger partial charge is 0.497 e. The topological polar surface area (TPSA) is 34.6 Å². The Hall–Kier alpha value is -2.44. The lowest BCUT2D eigenvalue weighted by molar-refractivity contribution is 0.242. The summed E-state index contributed by atoms with van der Waals surface area (Å²) < 4.78 is 23.9. The van der Waals surface area contributed by atoms with Crippen LogP contribution in [0.15, 0.2) is 53.9 Å². The molecule has 3 aromatic rings. The first-order valence-corrected chi connectivity index (χ1v) is 10.3. The quantitative estimate of drug-likeness (QED) is 0.506. The minimum Gasteiger partial charge on any atom is -0.497 e. The molecule has 0 unspecified atom stereocenters. The molecule has 1 aliphatic rings. The number of methoxy groups -OCH3 is 1. The summed E-state index contributed by atoms with van der Waals surface area (Å²) in [6.07, 6.45) is 2.50. The smallest absolute Gasteiger partial charge is 0.140 e. The summed E-state index contributed by atoms with van der Waals surface area (Å²) in [5, 5.41) is 3.03. The highest BCUT2D eigenvalue weighted by atomic mass is 32.1. The predicted molar refractivity (Wildman–Crippen MR) is 108 cm³/mol. The number of nitrogens with zero attached hydrogens (tertiary/aromatic N) is 2. The van der Waals surface area contributed by atoms with Crippen LogP contribution in [0.4, 0.5) is 4.39 Å². The predicted octanol–water partition coefficient (Wildman–Crippen LogP) is 5.03. The average Bonchev–Trinajstić information content (AvgIpc) is 3.48. The number of thiazole rings is 1. The van der Waals surface area contributed by atoms with Gasteiger partial charge in [-0.2, -0.15) is 0 Å². The summed E-state index contributed by atoms with van der Waals surface area (Å²) >= 11 is 1.60. The van der Waals surface area contributed by atoms with Gasteiger partial charge >= 0.3 is 0 Å². The van der Waals surface area contributed by atoms with E-state index in [-0.39, 0.29) is 5.82 Å². The Morgan fingerprint density at radius 1 is 1.04 bits per heavy atom. The second kappa shape index (κ2) is 8.71. The average molecular weight is 399 g/mol. The van der Waals surface area contributed by atoms with Crippen molar-refractivity contribution in [3.05, 3.63) is 76.0 Å². The summed E-state index contributed by atoms with van der Waals surface area (Å²) in [5.74, 6) is 1.27. The SMILES string of the molecule is COc1ccc(CN(Cc2csc(COc3ccc(F)cc3)n2)C2CC2)cc1. The lowest BCUT2D eigenvalue weighted by Gasteiger charge is -2.21. The van der Waals surface area contributed by atoms with E-state index >= 15 is 0 Å². The minimum absolute atomic E-state index is 0.263. The van der Waals surface area contributed by atoms with Gasteiger partial charge in [0, 0.05) is 24.5 Å². The van der Waals surface area contributed by atoms with Gasteiger partial charge in [-0.15, -0.1) is 11.3 Å². The molecule has 4 nitrogen and oxygen atoms in total. The third kappa shape index (κ3) is 5.09. The van der Waals surface area contributed by atoms with Gasteiger partial charge in [0.25, 0.3) is 0 Å². The zero-order valence-corrected chi connectivity index (χ0v) is 16.6. The molecule has 146 valence electrons. The highest BCUT2D eigenvalue weighted by Crippen LogP contribution is 2.30. The molecule has 0 spiro atoms. The first kappa shape index (κ1) is 18.9. The molecule has 2 aromatic carbocycles. The first-order valence-electron chi connectivity index (χ1n) is 9.38. The van der Waals surface area contributed by atoms with Gasteiger partial charge in [0.05, 0.1) is 12.8 Å². The highest BCUT2D eigenvalue weighted by Gasteiger charge is 2.29. The second-order valence-corrected chi connectivity index (χ2v) is 7.90. The third-order valence-corrected chi connectivity index (χ3v) is 5.62. The fraction of sp³-hybridized carbons (Fsp3) is 0.318. The molecule has 6 heteroatoms. The maximum Gasteiger partial charge on any atom is 0.140 e. The Bertz CT molecular complexity index is 892. The zero-order valence-electron chi connectivity index (χ0n) is 15.8. The van der Waals surface area contributed by atoms with Gasteiger partial charge in [0.15, 0.2) is 0 Å². The summed E-state index contributed by atoms with van der Waals surface area (Å²) in [6.45, 7) is 2.15. The van der Waals surface area contributed by atoms with Crippen molar-refractivity contribution in [2.45, 2.75) is 38.6 Å².